The van der Waals surface area contributed by atoms with Crippen molar-refractivity contribution < 1.29 is 4.74 Å². The first-order valence-electron chi connectivity index (χ1n) is 8.54. The zero-order valence-electron chi connectivity index (χ0n) is 13.8. The molecule has 4 nitrogen and oxygen atoms in total. The number of nitrogens with two attached hydrogens (primary N) is 2. The summed E-state index contributed by atoms with van der Waals surface area (Å²) in [5, 5.41) is 0. The molecule has 1 saturated heterocycles. The number of benzene rings is 1. The molecule has 0 spiro atoms. The third kappa shape index (κ3) is 3.00. The van der Waals surface area contributed by atoms with Crippen molar-refractivity contribution in [1.82, 2.24) is 0 Å². The molecule has 0 bridgehead atoms. The number of hydrogen-bond donors (Lipinski definition) is 2. The first kappa shape index (κ1) is 15.8. The smallest absolute Gasteiger partial charge is 0.0726 e. The van der Waals surface area contributed by atoms with Crippen LogP contribution in [-0.2, 0) is 10.3 Å². The zero-order valence-corrected chi connectivity index (χ0v) is 13.8. The molecule has 122 valence electrons. The molecule has 22 heavy (non-hydrogen) atoms. The van der Waals surface area contributed by atoms with E-state index in [2.05, 4.69) is 43.0 Å². The van der Waals surface area contributed by atoms with Gasteiger partial charge in [0.1, 0.15) is 0 Å². The molecular weight excluding hydrogens is 274 g/mol. The van der Waals surface area contributed by atoms with E-state index in [0.717, 1.165) is 25.9 Å². The topological polar surface area (TPSA) is 64.5 Å². The lowest BCUT2D eigenvalue weighted by molar-refractivity contribution is -0.00521. The molecule has 1 aliphatic heterocycles. The van der Waals surface area contributed by atoms with Crippen molar-refractivity contribution in [3.63, 3.8) is 0 Å². The lowest BCUT2D eigenvalue weighted by atomic mass is 9.74. The van der Waals surface area contributed by atoms with Gasteiger partial charge in [-0.3, -0.25) is 0 Å². The highest BCUT2D eigenvalue weighted by Crippen LogP contribution is 2.35. The molecule has 1 saturated carbocycles. The van der Waals surface area contributed by atoms with Crippen molar-refractivity contribution in [2.75, 3.05) is 18.0 Å². The number of anilines is 1. The van der Waals surface area contributed by atoms with Gasteiger partial charge < -0.3 is 21.1 Å². The summed E-state index contributed by atoms with van der Waals surface area (Å²) in [5.41, 5.74) is 15.0. The van der Waals surface area contributed by atoms with Crippen LogP contribution in [-0.4, -0.2) is 31.3 Å². The predicted octanol–water partition coefficient (Wildman–Crippen LogP) is 2.36. The van der Waals surface area contributed by atoms with Crippen molar-refractivity contribution in [3.8, 4) is 0 Å². The second kappa shape index (κ2) is 6.19. The summed E-state index contributed by atoms with van der Waals surface area (Å²) < 4.78 is 5.81. The molecule has 1 aromatic carbocycles. The van der Waals surface area contributed by atoms with Crippen LogP contribution in [0.25, 0.3) is 0 Å². The number of morpholine rings is 1. The summed E-state index contributed by atoms with van der Waals surface area (Å²) in [6.45, 7) is 6.15. The molecule has 1 aromatic rings. The Kier molecular flexibility index (Phi) is 4.44. The van der Waals surface area contributed by atoms with E-state index in [1.54, 1.807) is 0 Å². The van der Waals surface area contributed by atoms with Gasteiger partial charge in [-0.15, -0.1) is 0 Å². The second-order valence-corrected chi connectivity index (χ2v) is 7.10. The predicted molar refractivity (Wildman–Crippen MR) is 91.0 cm³/mol. The van der Waals surface area contributed by atoms with Gasteiger partial charge in [0.15, 0.2) is 0 Å². The maximum atomic E-state index is 6.64. The average Bonchev–Trinajstić information content (AvgIpc) is 2.49. The van der Waals surface area contributed by atoms with E-state index < -0.39 is 0 Å². The van der Waals surface area contributed by atoms with Gasteiger partial charge in [0.2, 0.25) is 0 Å². The van der Waals surface area contributed by atoms with Crippen LogP contribution in [0.3, 0.4) is 0 Å². The molecule has 1 heterocycles. The molecule has 4 N–H and O–H groups in total. The summed E-state index contributed by atoms with van der Waals surface area (Å²) in [4.78, 5) is 2.40. The number of hydrogen-bond acceptors (Lipinski definition) is 4. The summed E-state index contributed by atoms with van der Waals surface area (Å²) in [5.74, 6) is 0. The summed E-state index contributed by atoms with van der Waals surface area (Å²) >= 11 is 0. The molecule has 4 unspecified atom stereocenters. The van der Waals surface area contributed by atoms with Crippen molar-refractivity contribution in [3.05, 3.63) is 29.8 Å². The Labute approximate surface area is 133 Å². The Hall–Kier alpha value is -1.10. The Morgan fingerprint density at radius 1 is 1.09 bits per heavy atom. The van der Waals surface area contributed by atoms with Gasteiger partial charge in [-0.1, -0.05) is 25.0 Å². The van der Waals surface area contributed by atoms with Crippen LogP contribution >= 0.6 is 0 Å². The van der Waals surface area contributed by atoms with E-state index in [0.29, 0.717) is 0 Å². The lowest BCUT2D eigenvalue weighted by Crippen LogP contribution is -2.54. The normalized spacial score (nSPS) is 36.4. The largest absolute Gasteiger partial charge is 0.372 e. The molecule has 0 radical (unpaired) electrons. The van der Waals surface area contributed by atoms with Gasteiger partial charge in [-0.2, -0.15) is 0 Å². The van der Waals surface area contributed by atoms with Crippen molar-refractivity contribution >= 4 is 5.69 Å². The highest BCUT2D eigenvalue weighted by Gasteiger charge is 2.36. The summed E-state index contributed by atoms with van der Waals surface area (Å²) in [6.07, 6.45) is 4.93. The van der Waals surface area contributed by atoms with E-state index in [-0.39, 0.29) is 23.8 Å². The van der Waals surface area contributed by atoms with E-state index >= 15 is 0 Å². The molecule has 1 aliphatic carbocycles. The maximum absolute atomic E-state index is 6.64. The summed E-state index contributed by atoms with van der Waals surface area (Å²) in [6, 6.07) is 8.79. The van der Waals surface area contributed by atoms with Crippen LogP contribution in [0.1, 0.15) is 45.1 Å². The minimum Gasteiger partial charge on any atom is -0.372 e. The molecule has 2 aliphatic rings. The molecule has 4 atom stereocenters. The fourth-order valence-corrected chi connectivity index (χ4v) is 3.95. The number of rotatable bonds is 2. The van der Waals surface area contributed by atoms with Gasteiger partial charge in [0, 0.05) is 24.8 Å². The lowest BCUT2D eigenvalue weighted by Gasteiger charge is -2.40. The van der Waals surface area contributed by atoms with Crippen LogP contribution in [0.4, 0.5) is 5.69 Å². The Balaban J connectivity index is 1.78. The quantitative estimate of drug-likeness (QED) is 0.880. The van der Waals surface area contributed by atoms with Crippen LogP contribution in [0, 0.1) is 0 Å². The van der Waals surface area contributed by atoms with E-state index in [4.69, 9.17) is 16.2 Å². The maximum Gasteiger partial charge on any atom is 0.0726 e. The third-order valence-electron chi connectivity index (χ3n) is 5.21. The van der Waals surface area contributed by atoms with Crippen LogP contribution in [0.5, 0.6) is 0 Å². The fraction of sp³-hybridized carbons (Fsp3) is 0.667. The molecule has 0 aromatic heterocycles. The van der Waals surface area contributed by atoms with Crippen LogP contribution < -0.4 is 16.4 Å². The van der Waals surface area contributed by atoms with Gasteiger partial charge >= 0.3 is 0 Å². The second-order valence-electron chi connectivity index (χ2n) is 7.10. The first-order valence-corrected chi connectivity index (χ1v) is 8.54. The summed E-state index contributed by atoms with van der Waals surface area (Å²) in [7, 11) is 0. The minimum atomic E-state index is -0.359. The van der Waals surface area contributed by atoms with Gasteiger partial charge in [0.05, 0.1) is 17.7 Å². The third-order valence-corrected chi connectivity index (χ3v) is 5.21. The fourth-order valence-electron chi connectivity index (χ4n) is 3.95. The SMILES string of the molecule is CC1CN(c2ccc(C3(N)CCCCC3N)cc2)CC(C)O1. The number of ether oxygens (including phenoxy) is 1. The molecule has 4 heteroatoms. The highest BCUT2D eigenvalue weighted by atomic mass is 16.5. The van der Waals surface area contributed by atoms with E-state index in [9.17, 15) is 0 Å². The van der Waals surface area contributed by atoms with Gasteiger partial charge in [0.25, 0.3) is 0 Å². The molecule has 3 rings (SSSR count). The van der Waals surface area contributed by atoms with Crippen LogP contribution in [0.15, 0.2) is 24.3 Å². The van der Waals surface area contributed by atoms with E-state index in [1.165, 1.54) is 24.1 Å². The monoisotopic (exact) mass is 303 g/mol. The molecule has 0 amide bonds. The Morgan fingerprint density at radius 3 is 2.32 bits per heavy atom. The zero-order chi connectivity index (χ0) is 15.7. The Morgan fingerprint density at radius 2 is 1.73 bits per heavy atom. The number of nitrogens with zero attached hydrogens (tertiary/aromatic N) is 1. The van der Waals surface area contributed by atoms with Gasteiger partial charge in [-0.05, 0) is 44.4 Å². The Bertz CT molecular complexity index is 494. The molecular formula is C18H29N3O. The average molecular weight is 303 g/mol. The van der Waals surface area contributed by atoms with Crippen molar-refractivity contribution in [2.45, 2.75) is 63.3 Å². The highest BCUT2D eigenvalue weighted by molar-refractivity contribution is 5.49. The standard InChI is InChI=1S/C18H29N3O/c1-13-11-21(12-14(2)22-13)16-8-6-15(7-9-16)18(20)10-4-3-5-17(18)19/h6-9,13-14,17H,3-5,10-12,19-20H2,1-2H3. The minimum absolute atomic E-state index is 0.0653. The molecule has 2 fully saturated rings. The van der Waals surface area contributed by atoms with Gasteiger partial charge in [-0.25, -0.2) is 0 Å². The van der Waals surface area contributed by atoms with Crippen LogP contribution in [0.2, 0.25) is 0 Å². The van der Waals surface area contributed by atoms with Crippen molar-refractivity contribution in [1.29, 1.82) is 0 Å². The van der Waals surface area contributed by atoms with E-state index in [1.807, 2.05) is 0 Å². The van der Waals surface area contributed by atoms with Crippen molar-refractivity contribution in [2.24, 2.45) is 11.5 Å². The first-order chi connectivity index (χ1) is 10.5.